The monoisotopic (exact) mass is 278 g/mol. The quantitative estimate of drug-likeness (QED) is 0.856. The lowest BCUT2D eigenvalue weighted by Gasteiger charge is -2.40. The first-order valence-corrected chi connectivity index (χ1v) is 7.01. The number of carbonyl (C=O) groups excluding carboxylic acids is 1. The van der Waals surface area contributed by atoms with Crippen molar-refractivity contribution in [3.63, 3.8) is 0 Å². The number of rotatable bonds is 1. The molecule has 1 unspecified atom stereocenters. The van der Waals surface area contributed by atoms with E-state index in [-0.39, 0.29) is 11.9 Å². The number of aryl methyl sites for hydroxylation is 1. The minimum absolute atomic E-state index is 0.0675. The van der Waals surface area contributed by atoms with Crippen molar-refractivity contribution in [1.82, 2.24) is 9.80 Å². The zero-order chi connectivity index (χ0) is 13.6. The zero-order valence-corrected chi connectivity index (χ0v) is 11.3. The van der Waals surface area contributed by atoms with Crippen molar-refractivity contribution in [3.8, 4) is 0 Å². The van der Waals surface area contributed by atoms with Crippen molar-refractivity contribution < 1.29 is 14.7 Å². The number of carboxylic acid groups (broad SMARTS) is 1. The minimum Gasteiger partial charge on any atom is -0.465 e. The summed E-state index contributed by atoms with van der Waals surface area (Å²) in [5, 5.41) is 11.3. The third kappa shape index (κ3) is 1.83. The molecule has 19 heavy (non-hydrogen) atoms. The SMILES string of the molecule is Cc1sccc1C1C2=CCC(=O)N2CCN1C(=O)O. The highest BCUT2D eigenvalue weighted by atomic mass is 32.1. The molecule has 0 spiro atoms. The lowest BCUT2D eigenvalue weighted by atomic mass is 10.0. The minimum atomic E-state index is -0.935. The Balaban J connectivity index is 2.06. The van der Waals surface area contributed by atoms with Crippen molar-refractivity contribution in [2.45, 2.75) is 19.4 Å². The molecule has 1 aromatic heterocycles. The van der Waals surface area contributed by atoms with Gasteiger partial charge in [-0.2, -0.15) is 0 Å². The molecule has 1 atom stereocenters. The highest BCUT2D eigenvalue weighted by molar-refractivity contribution is 7.10. The number of nitrogens with zero attached hydrogens (tertiary/aromatic N) is 2. The van der Waals surface area contributed by atoms with Crippen molar-refractivity contribution >= 4 is 23.3 Å². The lowest BCUT2D eigenvalue weighted by molar-refractivity contribution is -0.128. The molecule has 2 aliphatic rings. The summed E-state index contributed by atoms with van der Waals surface area (Å²) in [6.07, 6.45) is 1.30. The van der Waals surface area contributed by atoms with Gasteiger partial charge in [-0.25, -0.2) is 4.79 Å². The van der Waals surface area contributed by atoms with E-state index in [1.54, 1.807) is 16.2 Å². The van der Waals surface area contributed by atoms with E-state index in [1.807, 2.05) is 24.4 Å². The molecule has 0 aliphatic carbocycles. The molecule has 1 fully saturated rings. The van der Waals surface area contributed by atoms with Gasteiger partial charge in [-0.05, 0) is 23.9 Å². The van der Waals surface area contributed by atoms with Crippen LogP contribution in [0.5, 0.6) is 0 Å². The van der Waals surface area contributed by atoms with Crippen LogP contribution >= 0.6 is 11.3 Å². The van der Waals surface area contributed by atoms with E-state index in [0.29, 0.717) is 19.5 Å². The van der Waals surface area contributed by atoms with E-state index in [9.17, 15) is 14.7 Å². The van der Waals surface area contributed by atoms with Crippen molar-refractivity contribution in [2.24, 2.45) is 0 Å². The molecular weight excluding hydrogens is 264 g/mol. The summed E-state index contributed by atoms with van der Waals surface area (Å²) in [6.45, 7) is 2.80. The summed E-state index contributed by atoms with van der Waals surface area (Å²) in [5.74, 6) is 0.0675. The van der Waals surface area contributed by atoms with Crippen LogP contribution in [0.4, 0.5) is 4.79 Å². The second-order valence-electron chi connectivity index (χ2n) is 4.69. The van der Waals surface area contributed by atoms with Crippen LogP contribution < -0.4 is 0 Å². The molecule has 3 heterocycles. The van der Waals surface area contributed by atoms with Crippen LogP contribution in [0.25, 0.3) is 0 Å². The first-order valence-electron chi connectivity index (χ1n) is 6.13. The summed E-state index contributed by atoms with van der Waals surface area (Å²) in [5.41, 5.74) is 1.80. The van der Waals surface area contributed by atoms with Crippen LogP contribution in [0.1, 0.15) is 22.9 Å². The van der Waals surface area contributed by atoms with Gasteiger partial charge in [0.05, 0.1) is 0 Å². The van der Waals surface area contributed by atoms with Gasteiger partial charge in [0, 0.05) is 30.1 Å². The Morgan fingerprint density at radius 1 is 1.47 bits per heavy atom. The zero-order valence-electron chi connectivity index (χ0n) is 10.5. The van der Waals surface area contributed by atoms with E-state index in [0.717, 1.165) is 16.1 Å². The first-order chi connectivity index (χ1) is 9.09. The van der Waals surface area contributed by atoms with Crippen LogP contribution in [0, 0.1) is 6.92 Å². The summed E-state index contributed by atoms with van der Waals surface area (Å²) in [6, 6.07) is 1.61. The van der Waals surface area contributed by atoms with Crippen molar-refractivity contribution in [1.29, 1.82) is 0 Å². The van der Waals surface area contributed by atoms with E-state index < -0.39 is 6.09 Å². The number of hydrogen-bond donors (Lipinski definition) is 1. The standard InChI is InChI=1S/C13H14N2O3S/c1-8-9(4-7-19-8)12-10-2-3-11(16)14(10)5-6-15(12)13(17)18/h2,4,7,12H,3,5-6H2,1H3,(H,17,18). The molecule has 2 amide bonds. The third-order valence-electron chi connectivity index (χ3n) is 3.69. The Morgan fingerprint density at radius 3 is 2.89 bits per heavy atom. The van der Waals surface area contributed by atoms with E-state index >= 15 is 0 Å². The summed E-state index contributed by atoms with van der Waals surface area (Å²) in [7, 11) is 0. The molecule has 0 saturated carbocycles. The van der Waals surface area contributed by atoms with Crippen LogP contribution in [0.2, 0.25) is 0 Å². The van der Waals surface area contributed by atoms with Gasteiger partial charge in [0.25, 0.3) is 0 Å². The van der Waals surface area contributed by atoms with Crippen LogP contribution in [0.15, 0.2) is 23.2 Å². The molecule has 0 bridgehead atoms. The average molecular weight is 278 g/mol. The van der Waals surface area contributed by atoms with Gasteiger partial charge >= 0.3 is 6.09 Å². The van der Waals surface area contributed by atoms with Gasteiger partial charge < -0.3 is 10.0 Å². The van der Waals surface area contributed by atoms with E-state index in [4.69, 9.17) is 0 Å². The molecule has 5 nitrogen and oxygen atoms in total. The number of piperazine rings is 1. The maximum Gasteiger partial charge on any atom is 0.408 e. The lowest BCUT2D eigenvalue weighted by Crippen LogP contribution is -2.48. The number of thiophene rings is 1. The Morgan fingerprint density at radius 2 is 2.26 bits per heavy atom. The fraction of sp³-hybridized carbons (Fsp3) is 0.385. The molecule has 100 valence electrons. The maximum atomic E-state index is 11.8. The first kappa shape index (κ1) is 12.2. The molecular formula is C13H14N2O3S. The second kappa shape index (κ2) is 4.38. The molecule has 1 saturated heterocycles. The number of carbonyl (C=O) groups is 2. The Kier molecular flexibility index (Phi) is 2.82. The van der Waals surface area contributed by atoms with Gasteiger partial charge in [0.15, 0.2) is 0 Å². The molecule has 3 rings (SSSR count). The molecule has 0 aromatic carbocycles. The van der Waals surface area contributed by atoms with Gasteiger partial charge in [-0.15, -0.1) is 11.3 Å². The van der Waals surface area contributed by atoms with Crippen molar-refractivity contribution in [3.05, 3.63) is 33.7 Å². The highest BCUT2D eigenvalue weighted by Crippen LogP contribution is 2.39. The van der Waals surface area contributed by atoms with Gasteiger partial charge in [-0.3, -0.25) is 9.69 Å². The highest BCUT2D eigenvalue weighted by Gasteiger charge is 2.40. The average Bonchev–Trinajstić information content (AvgIpc) is 2.95. The largest absolute Gasteiger partial charge is 0.465 e. The molecule has 0 radical (unpaired) electrons. The predicted octanol–water partition coefficient (Wildman–Crippen LogP) is 2.21. The van der Waals surface area contributed by atoms with Gasteiger partial charge in [0.2, 0.25) is 5.91 Å². The second-order valence-corrected chi connectivity index (χ2v) is 5.81. The Hall–Kier alpha value is -1.82. The maximum absolute atomic E-state index is 11.8. The third-order valence-corrected chi connectivity index (χ3v) is 4.56. The summed E-state index contributed by atoms with van der Waals surface area (Å²) in [4.78, 5) is 27.5. The summed E-state index contributed by atoms with van der Waals surface area (Å²) < 4.78 is 0. The fourth-order valence-corrected chi connectivity index (χ4v) is 3.51. The van der Waals surface area contributed by atoms with E-state index in [2.05, 4.69) is 0 Å². The Bertz CT molecular complexity index is 578. The van der Waals surface area contributed by atoms with Crippen LogP contribution in [0.3, 0.4) is 0 Å². The van der Waals surface area contributed by atoms with Gasteiger partial charge in [0.1, 0.15) is 6.04 Å². The summed E-state index contributed by atoms with van der Waals surface area (Å²) >= 11 is 1.60. The molecule has 6 heteroatoms. The predicted molar refractivity (Wildman–Crippen MR) is 70.9 cm³/mol. The molecule has 2 aliphatic heterocycles. The number of hydrogen-bond acceptors (Lipinski definition) is 3. The smallest absolute Gasteiger partial charge is 0.408 e. The number of amides is 2. The topological polar surface area (TPSA) is 60.9 Å². The van der Waals surface area contributed by atoms with Crippen LogP contribution in [-0.2, 0) is 4.79 Å². The van der Waals surface area contributed by atoms with Crippen LogP contribution in [-0.4, -0.2) is 40.0 Å². The van der Waals surface area contributed by atoms with Gasteiger partial charge in [-0.1, -0.05) is 6.08 Å². The fourth-order valence-electron chi connectivity index (χ4n) is 2.78. The number of fused-ring (bicyclic) bond motifs is 1. The van der Waals surface area contributed by atoms with Crippen molar-refractivity contribution in [2.75, 3.05) is 13.1 Å². The van der Waals surface area contributed by atoms with E-state index in [1.165, 1.54) is 4.90 Å². The molecule has 1 aromatic rings. The normalized spacial score (nSPS) is 22.5. The molecule has 1 N–H and O–H groups in total. The Labute approximate surface area is 114 Å².